The van der Waals surface area contributed by atoms with E-state index in [-0.39, 0.29) is 52.4 Å². The summed E-state index contributed by atoms with van der Waals surface area (Å²) in [5.74, 6) is -1.62. The summed E-state index contributed by atoms with van der Waals surface area (Å²) < 4.78 is 60.0. The molecule has 3 N–H and O–H groups in total. The Morgan fingerprint density at radius 1 is 1.09 bits per heavy atom. The van der Waals surface area contributed by atoms with Gasteiger partial charge in [0, 0.05) is 18.8 Å². The van der Waals surface area contributed by atoms with E-state index in [0.717, 1.165) is 6.07 Å². The first-order valence-corrected chi connectivity index (χ1v) is 13.3. The fourth-order valence-corrected chi connectivity index (χ4v) is 5.43. The summed E-state index contributed by atoms with van der Waals surface area (Å²) in [4.78, 5) is 24.6. The van der Waals surface area contributed by atoms with Crippen molar-refractivity contribution in [2.24, 2.45) is 5.14 Å². The molecule has 0 aliphatic carbocycles. The maximum atomic E-state index is 12.9. The third kappa shape index (κ3) is 6.11. The number of hydrogen-bond donors (Lipinski definition) is 2. The third-order valence-corrected chi connectivity index (χ3v) is 8.17. The van der Waals surface area contributed by atoms with Gasteiger partial charge in [-0.05, 0) is 49.4 Å². The molecule has 1 saturated heterocycles. The molecule has 184 valence electrons. The molecule has 0 saturated carbocycles. The van der Waals surface area contributed by atoms with Gasteiger partial charge in [-0.3, -0.25) is 4.79 Å². The first-order valence-electron chi connectivity index (χ1n) is 9.92. The van der Waals surface area contributed by atoms with Crippen molar-refractivity contribution in [1.82, 2.24) is 4.31 Å². The number of esters is 1. The van der Waals surface area contributed by atoms with Gasteiger partial charge in [0.1, 0.15) is 4.90 Å². The molecule has 0 radical (unpaired) electrons. The lowest BCUT2D eigenvalue weighted by molar-refractivity contribution is -0.123. The zero-order valence-corrected chi connectivity index (χ0v) is 20.3. The highest BCUT2D eigenvalue weighted by Gasteiger charge is 2.30. The van der Waals surface area contributed by atoms with Crippen molar-refractivity contribution in [2.45, 2.75) is 22.8 Å². The molecule has 1 aliphatic heterocycles. The van der Waals surface area contributed by atoms with E-state index in [1.807, 2.05) is 0 Å². The van der Waals surface area contributed by atoms with Gasteiger partial charge < -0.3 is 14.8 Å². The topological polar surface area (TPSA) is 162 Å². The van der Waals surface area contributed by atoms with Crippen LogP contribution in [-0.2, 0) is 34.3 Å². The highest BCUT2D eigenvalue weighted by atomic mass is 35.5. The fraction of sp³-hybridized carbons (Fsp3) is 0.300. The monoisotopic (exact) mass is 531 g/mol. The van der Waals surface area contributed by atoms with E-state index in [1.54, 1.807) is 0 Å². The number of carbonyl (C=O) groups is 2. The number of ether oxygens (including phenoxy) is 2. The molecule has 1 heterocycles. The van der Waals surface area contributed by atoms with Gasteiger partial charge in [0.15, 0.2) is 6.10 Å². The Bertz CT molecular complexity index is 1290. The molecule has 3 rings (SSSR count). The normalized spacial score (nSPS) is 16.0. The zero-order valence-electron chi connectivity index (χ0n) is 17.9. The number of anilines is 1. The molecular weight excluding hydrogens is 510 g/mol. The highest BCUT2D eigenvalue weighted by Crippen LogP contribution is 2.27. The van der Waals surface area contributed by atoms with Gasteiger partial charge in [-0.2, -0.15) is 4.31 Å². The Kier molecular flexibility index (Phi) is 7.95. The van der Waals surface area contributed by atoms with E-state index in [9.17, 15) is 26.4 Å². The Morgan fingerprint density at radius 2 is 1.71 bits per heavy atom. The Labute approximate surface area is 201 Å². The molecule has 1 atom stereocenters. The van der Waals surface area contributed by atoms with E-state index < -0.39 is 38.0 Å². The van der Waals surface area contributed by atoms with Gasteiger partial charge in [0.2, 0.25) is 20.0 Å². The van der Waals surface area contributed by atoms with E-state index in [2.05, 4.69) is 5.32 Å². The Balaban J connectivity index is 1.70. The molecule has 1 fully saturated rings. The molecule has 0 unspecified atom stereocenters. The number of sulfonamides is 2. The van der Waals surface area contributed by atoms with Crippen LogP contribution in [0.1, 0.15) is 17.3 Å². The van der Waals surface area contributed by atoms with Gasteiger partial charge in [-0.15, -0.1) is 0 Å². The molecule has 2 aromatic rings. The quantitative estimate of drug-likeness (QED) is 0.503. The molecule has 1 amide bonds. The van der Waals surface area contributed by atoms with Gasteiger partial charge in [-0.25, -0.2) is 26.8 Å². The molecule has 0 spiro atoms. The first-order chi connectivity index (χ1) is 15.9. The van der Waals surface area contributed by atoms with E-state index in [4.69, 9.17) is 26.2 Å². The maximum absolute atomic E-state index is 12.9. The van der Waals surface area contributed by atoms with Crippen LogP contribution in [0.15, 0.2) is 52.3 Å². The van der Waals surface area contributed by atoms with Crippen LogP contribution in [0.2, 0.25) is 5.02 Å². The number of carbonyl (C=O) groups excluding carboxylic acids is 2. The van der Waals surface area contributed by atoms with Crippen molar-refractivity contribution in [2.75, 3.05) is 31.6 Å². The summed E-state index contributed by atoms with van der Waals surface area (Å²) >= 11 is 6.09. The minimum Gasteiger partial charge on any atom is -0.449 e. The number of halogens is 1. The van der Waals surface area contributed by atoms with Gasteiger partial charge in [0.25, 0.3) is 5.91 Å². The van der Waals surface area contributed by atoms with Crippen LogP contribution in [-0.4, -0.2) is 65.4 Å². The van der Waals surface area contributed by atoms with Crippen LogP contribution in [0.5, 0.6) is 0 Å². The molecule has 34 heavy (non-hydrogen) atoms. The zero-order chi connectivity index (χ0) is 25.1. The summed E-state index contributed by atoms with van der Waals surface area (Å²) in [6.45, 7) is 2.13. The van der Waals surface area contributed by atoms with Crippen LogP contribution in [0.25, 0.3) is 0 Å². The smallest absolute Gasteiger partial charge is 0.338 e. The van der Waals surface area contributed by atoms with Crippen molar-refractivity contribution in [3.63, 3.8) is 0 Å². The fourth-order valence-electron chi connectivity index (χ4n) is 3.01. The average Bonchev–Trinajstić information content (AvgIpc) is 2.79. The second-order valence-electron chi connectivity index (χ2n) is 7.27. The second kappa shape index (κ2) is 10.4. The van der Waals surface area contributed by atoms with Crippen LogP contribution in [0.3, 0.4) is 0 Å². The summed E-state index contributed by atoms with van der Waals surface area (Å²) in [7, 11) is -7.84. The van der Waals surface area contributed by atoms with Crippen LogP contribution in [0.4, 0.5) is 5.69 Å². The molecule has 0 aromatic heterocycles. The minimum atomic E-state index is -3.97. The number of benzene rings is 2. The number of nitrogens with one attached hydrogen (secondary N) is 1. The summed E-state index contributed by atoms with van der Waals surface area (Å²) in [5, 5.41) is 7.45. The van der Waals surface area contributed by atoms with Crippen molar-refractivity contribution in [3.05, 3.63) is 53.1 Å². The predicted molar refractivity (Wildman–Crippen MR) is 122 cm³/mol. The lowest BCUT2D eigenvalue weighted by Gasteiger charge is -2.26. The first kappa shape index (κ1) is 26.1. The highest BCUT2D eigenvalue weighted by molar-refractivity contribution is 7.89. The second-order valence-corrected chi connectivity index (χ2v) is 11.1. The van der Waals surface area contributed by atoms with Gasteiger partial charge in [0.05, 0.1) is 28.7 Å². The van der Waals surface area contributed by atoms with Crippen molar-refractivity contribution >= 4 is 49.2 Å². The SMILES string of the molecule is C[C@@H](OC(=O)c1ccc(Cl)c(S(=O)(=O)N2CCOCC2)c1)C(=O)Nc1ccc(S(N)(=O)=O)cc1. The van der Waals surface area contributed by atoms with Crippen LogP contribution in [0, 0.1) is 0 Å². The maximum Gasteiger partial charge on any atom is 0.338 e. The molecule has 1 aliphatic rings. The minimum absolute atomic E-state index is 0.0585. The molecule has 0 bridgehead atoms. The molecule has 14 heteroatoms. The third-order valence-electron chi connectivity index (χ3n) is 4.86. The van der Waals surface area contributed by atoms with Crippen molar-refractivity contribution < 1.29 is 35.9 Å². The van der Waals surface area contributed by atoms with Gasteiger partial charge in [-0.1, -0.05) is 11.6 Å². The molecule has 2 aromatic carbocycles. The van der Waals surface area contributed by atoms with Crippen LogP contribution < -0.4 is 10.5 Å². The average molecular weight is 532 g/mol. The molecule has 11 nitrogen and oxygen atoms in total. The van der Waals surface area contributed by atoms with Gasteiger partial charge >= 0.3 is 5.97 Å². The number of nitrogens with zero attached hydrogens (tertiary/aromatic N) is 1. The Morgan fingerprint density at radius 3 is 2.29 bits per heavy atom. The number of amides is 1. The summed E-state index contributed by atoms with van der Waals surface area (Å²) in [6.07, 6.45) is -1.25. The number of primary sulfonamides is 1. The summed E-state index contributed by atoms with van der Waals surface area (Å²) in [6, 6.07) is 8.74. The Hall–Kier alpha value is -2.55. The number of rotatable bonds is 7. The molecular formula is C20H22ClN3O8S2. The van der Waals surface area contributed by atoms with E-state index >= 15 is 0 Å². The predicted octanol–water partition coefficient (Wildman–Crippen LogP) is 1.19. The number of hydrogen-bond acceptors (Lipinski definition) is 8. The van der Waals surface area contributed by atoms with E-state index in [1.165, 1.54) is 47.6 Å². The van der Waals surface area contributed by atoms with Crippen molar-refractivity contribution in [3.8, 4) is 0 Å². The van der Waals surface area contributed by atoms with Crippen LogP contribution >= 0.6 is 11.6 Å². The van der Waals surface area contributed by atoms with Crippen molar-refractivity contribution in [1.29, 1.82) is 0 Å². The lowest BCUT2D eigenvalue weighted by Crippen LogP contribution is -2.40. The number of nitrogens with two attached hydrogens (primary N) is 1. The summed E-state index contributed by atoms with van der Waals surface area (Å²) in [5.41, 5.74) is 0.152. The van der Waals surface area contributed by atoms with E-state index in [0.29, 0.717) is 0 Å². The number of morpholine rings is 1. The standard InChI is InChI=1S/C20H22ClN3O8S2/c1-13(19(25)23-15-3-5-16(6-4-15)33(22,27)28)32-20(26)14-2-7-17(21)18(12-14)34(29,30)24-8-10-31-11-9-24/h2-7,12-13H,8-11H2,1H3,(H,23,25)(H2,22,27,28)/t13-/m1/s1. The lowest BCUT2D eigenvalue weighted by atomic mass is 10.2. The largest absolute Gasteiger partial charge is 0.449 e.